The van der Waals surface area contributed by atoms with Crippen LogP contribution >= 0.6 is 0 Å². The van der Waals surface area contributed by atoms with E-state index in [-0.39, 0.29) is 12.1 Å². The van der Waals surface area contributed by atoms with Gasteiger partial charge < -0.3 is 15.4 Å². The number of amides is 2. The molecule has 1 aromatic rings. The fraction of sp³-hybridized carbons (Fsp3) is 0.533. The van der Waals surface area contributed by atoms with Gasteiger partial charge in [-0.2, -0.15) is 0 Å². The maximum atomic E-state index is 11.8. The number of hydrogen-bond donors (Lipinski definition) is 2. The smallest absolute Gasteiger partial charge is 0.319 e. The number of anilines is 1. The molecule has 19 heavy (non-hydrogen) atoms. The van der Waals surface area contributed by atoms with E-state index in [2.05, 4.69) is 36.6 Å². The third-order valence-electron chi connectivity index (χ3n) is 3.12. The van der Waals surface area contributed by atoms with Gasteiger partial charge in [-0.1, -0.05) is 26.0 Å². The predicted octanol–water partition coefficient (Wildman–Crippen LogP) is 2.80. The van der Waals surface area contributed by atoms with Gasteiger partial charge in [0.25, 0.3) is 0 Å². The van der Waals surface area contributed by atoms with Crippen LogP contribution < -0.4 is 10.6 Å². The highest BCUT2D eigenvalue weighted by Gasteiger charge is 2.17. The molecule has 0 aliphatic carbocycles. The molecule has 0 saturated carbocycles. The second-order valence-electron chi connectivity index (χ2n) is 5.45. The van der Waals surface area contributed by atoms with E-state index in [4.69, 9.17) is 4.74 Å². The summed E-state index contributed by atoms with van der Waals surface area (Å²) in [5.41, 5.74) is 2.12. The summed E-state index contributed by atoms with van der Waals surface area (Å²) in [6, 6.07) is 8.00. The molecule has 1 aliphatic rings. The molecular weight excluding hydrogens is 240 g/mol. The average Bonchev–Trinajstić information content (AvgIpc) is 2.83. The first kappa shape index (κ1) is 13.9. The maximum Gasteiger partial charge on any atom is 0.319 e. The van der Waals surface area contributed by atoms with Crippen molar-refractivity contribution in [1.29, 1.82) is 0 Å². The quantitative estimate of drug-likeness (QED) is 0.876. The van der Waals surface area contributed by atoms with Gasteiger partial charge in [0.2, 0.25) is 0 Å². The van der Waals surface area contributed by atoms with Crippen molar-refractivity contribution in [2.24, 2.45) is 5.92 Å². The lowest BCUT2D eigenvalue weighted by atomic mass is 10.0. The van der Waals surface area contributed by atoms with E-state index in [1.165, 1.54) is 5.56 Å². The Bertz CT molecular complexity index is 409. The van der Waals surface area contributed by atoms with E-state index in [1.54, 1.807) is 0 Å². The van der Waals surface area contributed by atoms with Gasteiger partial charge in [0, 0.05) is 12.3 Å². The molecule has 104 valence electrons. The van der Waals surface area contributed by atoms with Crippen LogP contribution in [0, 0.1) is 5.92 Å². The van der Waals surface area contributed by atoms with E-state index >= 15 is 0 Å². The lowest BCUT2D eigenvalue weighted by Gasteiger charge is -2.12. The Kier molecular flexibility index (Phi) is 4.80. The van der Waals surface area contributed by atoms with E-state index in [1.807, 2.05) is 12.1 Å². The highest BCUT2D eigenvalue weighted by Crippen LogP contribution is 2.13. The van der Waals surface area contributed by atoms with Gasteiger partial charge in [-0.3, -0.25) is 0 Å². The zero-order chi connectivity index (χ0) is 13.7. The summed E-state index contributed by atoms with van der Waals surface area (Å²) in [5, 5.41) is 5.74. The minimum absolute atomic E-state index is 0.139. The van der Waals surface area contributed by atoms with Crippen LogP contribution in [-0.4, -0.2) is 25.3 Å². The van der Waals surface area contributed by atoms with Crippen LogP contribution in [0.2, 0.25) is 0 Å². The van der Waals surface area contributed by atoms with Gasteiger partial charge in [0.1, 0.15) is 0 Å². The summed E-state index contributed by atoms with van der Waals surface area (Å²) in [6.07, 6.45) is 1.95. The van der Waals surface area contributed by atoms with E-state index in [0.29, 0.717) is 12.5 Å². The van der Waals surface area contributed by atoms with Crippen LogP contribution in [0.15, 0.2) is 24.3 Å². The fourth-order valence-corrected chi connectivity index (χ4v) is 2.20. The Morgan fingerprint density at radius 3 is 2.68 bits per heavy atom. The topological polar surface area (TPSA) is 50.4 Å². The SMILES string of the molecule is CC(C)Cc1ccc(NC(=O)NC2CCOC2)cc1. The van der Waals surface area contributed by atoms with Gasteiger partial charge in [0.05, 0.1) is 12.6 Å². The fourth-order valence-electron chi connectivity index (χ4n) is 2.20. The minimum Gasteiger partial charge on any atom is -0.379 e. The molecular formula is C15H22N2O2. The second kappa shape index (κ2) is 6.57. The Morgan fingerprint density at radius 1 is 1.37 bits per heavy atom. The van der Waals surface area contributed by atoms with Gasteiger partial charge in [-0.05, 0) is 36.5 Å². The van der Waals surface area contributed by atoms with Crippen molar-refractivity contribution >= 4 is 11.7 Å². The van der Waals surface area contributed by atoms with Crippen molar-refractivity contribution < 1.29 is 9.53 Å². The summed E-state index contributed by atoms with van der Waals surface area (Å²) < 4.78 is 5.22. The monoisotopic (exact) mass is 262 g/mol. The molecule has 1 fully saturated rings. The number of urea groups is 1. The lowest BCUT2D eigenvalue weighted by molar-refractivity contribution is 0.189. The van der Waals surface area contributed by atoms with Gasteiger partial charge in [-0.25, -0.2) is 4.79 Å². The van der Waals surface area contributed by atoms with Crippen LogP contribution in [-0.2, 0) is 11.2 Å². The molecule has 0 spiro atoms. The van der Waals surface area contributed by atoms with E-state index in [0.717, 1.165) is 25.1 Å². The van der Waals surface area contributed by atoms with Crippen LogP contribution in [0.25, 0.3) is 0 Å². The molecule has 0 radical (unpaired) electrons. The van der Waals surface area contributed by atoms with Crippen molar-refractivity contribution in [3.8, 4) is 0 Å². The van der Waals surface area contributed by atoms with Crippen molar-refractivity contribution in [3.63, 3.8) is 0 Å². The van der Waals surface area contributed by atoms with Crippen molar-refractivity contribution in [3.05, 3.63) is 29.8 Å². The third kappa shape index (κ3) is 4.56. The van der Waals surface area contributed by atoms with Gasteiger partial charge >= 0.3 is 6.03 Å². The van der Waals surface area contributed by atoms with Crippen molar-refractivity contribution in [2.45, 2.75) is 32.7 Å². The van der Waals surface area contributed by atoms with E-state index in [9.17, 15) is 4.79 Å². The largest absolute Gasteiger partial charge is 0.379 e. The van der Waals surface area contributed by atoms with E-state index < -0.39 is 0 Å². The van der Waals surface area contributed by atoms with Crippen molar-refractivity contribution in [2.75, 3.05) is 18.5 Å². The molecule has 4 nitrogen and oxygen atoms in total. The molecule has 1 unspecified atom stereocenters. The highest BCUT2D eigenvalue weighted by atomic mass is 16.5. The number of ether oxygens (including phenoxy) is 1. The lowest BCUT2D eigenvalue weighted by Crippen LogP contribution is -2.38. The number of hydrogen-bond acceptors (Lipinski definition) is 2. The molecule has 4 heteroatoms. The zero-order valence-electron chi connectivity index (χ0n) is 11.6. The molecule has 2 rings (SSSR count). The van der Waals surface area contributed by atoms with Crippen LogP contribution in [0.5, 0.6) is 0 Å². The third-order valence-corrected chi connectivity index (χ3v) is 3.12. The first-order valence-corrected chi connectivity index (χ1v) is 6.87. The number of carbonyl (C=O) groups excluding carboxylic acids is 1. The second-order valence-corrected chi connectivity index (χ2v) is 5.45. The molecule has 0 aromatic heterocycles. The van der Waals surface area contributed by atoms with Crippen LogP contribution in [0.1, 0.15) is 25.8 Å². The molecule has 0 bridgehead atoms. The van der Waals surface area contributed by atoms with Gasteiger partial charge in [-0.15, -0.1) is 0 Å². The normalized spacial score (nSPS) is 18.6. The first-order chi connectivity index (χ1) is 9.13. The molecule has 1 heterocycles. The molecule has 1 aromatic carbocycles. The number of carbonyl (C=O) groups is 1. The Morgan fingerprint density at radius 2 is 2.11 bits per heavy atom. The Balaban J connectivity index is 1.82. The highest BCUT2D eigenvalue weighted by molar-refractivity contribution is 5.89. The number of nitrogens with one attached hydrogen (secondary N) is 2. The number of benzene rings is 1. The summed E-state index contributed by atoms with van der Waals surface area (Å²) in [6.45, 7) is 5.74. The average molecular weight is 262 g/mol. The summed E-state index contributed by atoms with van der Waals surface area (Å²) in [4.78, 5) is 11.8. The van der Waals surface area contributed by atoms with Crippen LogP contribution in [0.4, 0.5) is 10.5 Å². The molecule has 2 amide bonds. The summed E-state index contributed by atoms with van der Waals surface area (Å²) >= 11 is 0. The molecule has 1 atom stereocenters. The van der Waals surface area contributed by atoms with Gasteiger partial charge in [0.15, 0.2) is 0 Å². The maximum absolute atomic E-state index is 11.8. The zero-order valence-corrected chi connectivity index (χ0v) is 11.6. The van der Waals surface area contributed by atoms with Crippen LogP contribution in [0.3, 0.4) is 0 Å². The Labute approximate surface area is 114 Å². The molecule has 1 aliphatic heterocycles. The summed E-state index contributed by atoms with van der Waals surface area (Å²) in [7, 11) is 0. The van der Waals surface area contributed by atoms with Crippen molar-refractivity contribution in [1.82, 2.24) is 5.32 Å². The first-order valence-electron chi connectivity index (χ1n) is 6.87. The molecule has 1 saturated heterocycles. The number of rotatable bonds is 4. The summed E-state index contributed by atoms with van der Waals surface area (Å²) in [5.74, 6) is 0.643. The minimum atomic E-state index is -0.160. The predicted molar refractivity (Wildman–Crippen MR) is 76.4 cm³/mol. The standard InChI is InChI=1S/C15H22N2O2/c1-11(2)9-12-3-5-13(6-4-12)16-15(18)17-14-7-8-19-10-14/h3-6,11,14H,7-10H2,1-2H3,(H2,16,17,18). The Hall–Kier alpha value is -1.55. The molecule has 2 N–H and O–H groups in total.